The Labute approximate surface area is 158 Å². The van der Waals surface area contributed by atoms with Gasteiger partial charge in [-0.2, -0.15) is 14.6 Å². The third-order valence-corrected chi connectivity index (χ3v) is 4.55. The third-order valence-electron chi connectivity index (χ3n) is 4.00. The number of urea groups is 1. The van der Waals surface area contributed by atoms with E-state index >= 15 is 0 Å². The molecular formula is C17H15N7O2S. The molecule has 0 saturated carbocycles. The lowest BCUT2D eigenvalue weighted by Crippen LogP contribution is -2.22. The molecule has 1 aliphatic heterocycles. The van der Waals surface area contributed by atoms with E-state index in [1.165, 1.54) is 11.8 Å². The molecule has 3 heterocycles. The molecule has 0 atom stereocenters. The standard InChI is InChI=1S/C17H15N7O2S/c1-23(11-6-4-3-5-7-11)17-22-16(27-2)20-13-10(9-18-24(13)17)8-12-14(25)21-15(26)19-12/h3-9H,1-2H3,(H2,19,21,25,26)/b12-8-. The number of imide groups is 1. The van der Waals surface area contributed by atoms with E-state index in [2.05, 4.69) is 25.7 Å². The minimum atomic E-state index is -0.549. The van der Waals surface area contributed by atoms with Crippen LogP contribution in [0.25, 0.3) is 11.7 Å². The van der Waals surface area contributed by atoms with Crippen LogP contribution in [0.2, 0.25) is 0 Å². The van der Waals surface area contributed by atoms with Gasteiger partial charge in [0.2, 0.25) is 5.95 Å². The zero-order valence-corrected chi connectivity index (χ0v) is 15.3. The highest BCUT2D eigenvalue weighted by atomic mass is 32.2. The first-order chi connectivity index (χ1) is 13.1. The number of amides is 3. The molecule has 2 aromatic heterocycles. The van der Waals surface area contributed by atoms with Gasteiger partial charge in [-0.25, -0.2) is 9.78 Å². The Kier molecular flexibility index (Phi) is 4.24. The van der Waals surface area contributed by atoms with Gasteiger partial charge in [0.1, 0.15) is 5.70 Å². The molecule has 1 aliphatic rings. The highest BCUT2D eigenvalue weighted by Crippen LogP contribution is 2.25. The van der Waals surface area contributed by atoms with E-state index in [9.17, 15) is 9.59 Å². The first-order valence-corrected chi connectivity index (χ1v) is 9.22. The van der Waals surface area contributed by atoms with Crippen molar-refractivity contribution >= 4 is 47.1 Å². The van der Waals surface area contributed by atoms with Gasteiger partial charge < -0.3 is 10.2 Å². The van der Waals surface area contributed by atoms with Gasteiger partial charge in [0.25, 0.3) is 5.91 Å². The van der Waals surface area contributed by atoms with Gasteiger partial charge in [-0.05, 0) is 24.5 Å². The Morgan fingerprint density at radius 2 is 1.93 bits per heavy atom. The quantitative estimate of drug-likeness (QED) is 0.403. The third kappa shape index (κ3) is 3.10. The SMILES string of the molecule is CSc1nc(N(C)c2ccccc2)n2ncc(/C=C3\NC(=O)NC3=O)c2n1. The van der Waals surface area contributed by atoms with Crippen molar-refractivity contribution in [3.63, 3.8) is 0 Å². The lowest BCUT2D eigenvalue weighted by molar-refractivity contribution is -0.115. The maximum atomic E-state index is 11.8. The van der Waals surface area contributed by atoms with E-state index in [-0.39, 0.29) is 5.70 Å². The molecule has 0 bridgehead atoms. The minimum Gasteiger partial charge on any atom is -0.313 e. The Hall–Kier alpha value is -3.40. The summed E-state index contributed by atoms with van der Waals surface area (Å²) >= 11 is 1.41. The average molecular weight is 381 g/mol. The van der Waals surface area contributed by atoms with Crippen molar-refractivity contribution in [1.82, 2.24) is 30.2 Å². The number of nitrogens with zero attached hydrogens (tertiary/aromatic N) is 5. The Balaban J connectivity index is 1.85. The maximum Gasteiger partial charge on any atom is 0.326 e. The van der Waals surface area contributed by atoms with Gasteiger partial charge in [-0.1, -0.05) is 30.0 Å². The number of benzene rings is 1. The molecule has 0 aliphatic carbocycles. The van der Waals surface area contributed by atoms with Crippen LogP contribution in [0.3, 0.4) is 0 Å². The van der Waals surface area contributed by atoms with E-state index in [1.54, 1.807) is 16.8 Å². The molecule has 4 rings (SSSR count). The second kappa shape index (κ2) is 6.72. The van der Waals surface area contributed by atoms with Crippen LogP contribution in [0.15, 0.2) is 47.4 Å². The molecule has 10 heteroatoms. The maximum absolute atomic E-state index is 11.8. The molecule has 0 radical (unpaired) electrons. The molecular weight excluding hydrogens is 366 g/mol. The molecule has 9 nitrogen and oxygen atoms in total. The largest absolute Gasteiger partial charge is 0.326 e. The molecule has 1 aromatic carbocycles. The summed E-state index contributed by atoms with van der Waals surface area (Å²) < 4.78 is 1.60. The van der Waals surface area contributed by atoms with E-state index < -0.39 is 11.9 Å². The molecule has 1 fully saturated rings. The lowest BCUT2D eigenvalue weighted by Gasteiger charge is -2.19. The number of fused-ring (bicyclic) bond motifs is 1. The van der Waals surface area contributed by atoms with E-state index in [1.807, 2.05) is 48.5 Å². The number of carbonyl (C=O) groups is 2. The molecule has 27 heavy (non-hydrogen) atoms. The number of hydrogen-bond donors (Lipinski definition) is 2. The molecule has 1 saturated heterocycles. The molecule has 0 unspecified atom stereocenters. The van der Waals surface area contributed by atoms with Crippen molar-refractivity contribution in [1.29, 1.82) is 0 Å². The van der Waals surface area contributed by atoms with Crippen LogP contribution in [0, 0.1) is 0 Å². The second-order valence-electron chi connectivity index (χ2n) is 5.71. The fourth-order valence-electron chi connectivity index (χ4n) is 2.68. The highest BCUT2D eigenvalue weighted by Gasteiger charge is 2.24. The number of hydrogen-bond acceptors (Lipinski definition) is 7. The molecule has 3 aromatic rings. The van der Waals surface area contributed by atoms with Gasteiger partial charge >= 0.3 is 6.03 Å². The van der Waals surface area contributed by atoms with Crippen LogP contribution in [0.5, 0.6) is 0 Å². The van der Waals surface area contributed by atoms with E-state index in [0.717, 1.165) is 5.69 Å². The van der Waals surface area contributed by atoms with Crippen molar-refractivity contribution < 1.29 is 9.59 Å². The van der Waals surface area contributed by atoms with Gasteiger partial charge in [0, 0.05) is 18.3 Å². The predicted octanol–water partition coefficient (Wildman–Crippen LogP) is 1.79. The number of para-hydroxylation sites is 1. The summed E-state index contributed by atoms with van der Waals surface area (Å²) in [7, 11) is 1.89. The summed E-state index contributed by atoms with van der Waals surface area (Å²) in [6.07, 6.45) is 5.02. The van der Waals surface area contributed by atoms with Crippen LogP contribution in [-0.4, -0.2) is 44.8 Å². The van der Waals surface area contributed by atoms with Gasteiger partial charge in [0.15, 0.2) is 10.8 Å². The summed E-state index contributed by atoms with van der Waals surface area (Å²) in [5.74, 6) is 0.0974. The number of rotatable bonds is 4. The smallest absolute Gasteiger partial charge is 0.313 e. The van der Waals surface area contributed by atoms with E-state index in [0.29, 0.717) is 22.3 Å². The highest BCUT2D eigenvalue weighted by molar-refractivity contribution is 7.98. The molecule has 3 amide bonds. The first-order valence-electron chi connectivity index (χ1n) is 7.99. The van der Waals surface area contributed by atoms with Crippen molar-refractivity contribution in [3.8, 4) is 0 Å². The summed E-state index contributed by atoms with van der Waals surface area (Å²) in [6.45, 7) is 0. The zero-order valence-electron chi connectivity index (χ0n) is 14.5. The number of aromatic nitrogens is 4. The monoisotopic (exact) mass is 381 g/mol. The van der Waals surface area contributed by atoms with Crippen LogP contribution >= 0.6 is 11.8 Å². The van der Waals surface area contributed by atoms with Crippen molar-refractivity contribution in [3.05, 3.63) is 47.8 Å². The second-order valence-corrected chi connectivity index (χ2v) is 6.48. The normalized spacial score (nSPS) is 15.3. The predicted molar refractivity (Wildman–Crippen MR) is 102 cm³/mol. The topological polar surface area (TPSA) is 105 Å². The first kappa shape index (κ1) is 17.0. The molecule has 0 spiro atoms. The number of nitrogens with one attached hydrogen (secondary N) is 2. The number of carbonyl (C=O) groups excluding carboxylic acids is 2. The van der Waals surface area contributed by atoms with Gasteiger partial charge in [0.05, 0.1) is 6.20 Å². The lowest BCUT2D eigenvalue weighted by atomic mass is 10.2. The fraction of sp³-hybridized carbons (Fsp3) is 0.118. The van der Waals surface area contributed by atoms with Crippen molar-refractivity contribution in [2.75, 3.05) is 18.2 Å². The Morgan fingerprint density at radius 3 is 2.59 bits per heavy atom. The Bertz CT molecular complexity index is 1080. The van der Waals surface area contributed by atoms with Crippen LogP contribution in [0.4, 0.5) is 16.4 Å². The van der Waals surface area contributed by atoms with Gasteiger partial charge in [-0.3, -0.25) is 10.1 Å². The number of anilines is 2. The fourth-order valence-corrected chi connectivity index (χ4v) is 3.03. The minimum absolute atomic E-state index is 0.150. The summed E-state index contributed by atoms with van der Waals surface area (Å²) in [4.78, 5) is 34.1. The molecule has 2 N–H and O–H groups in total. The van der Waals surface area contributed by atoms with E-state index in [4.69, 9.17) is 0 Å². The van der Waals surface area contributed by atoms with Crippen LogP contribution in [-0.2, 0) is 4.79 Å². The van der Waals surface area contributed by atoms with Crippen molar-refractivity contribution in [2.24, 2.45) is 0 Å². The molecule has 136 valence electrons. The zero-order chi connectivity index (χ0) is 19.0. The summed E-state index contributed by atoms with van der Waals surface area (Å²) in [5, 5.41) is 9.58. The van der Waals surface area contributed by atoms with Gasteiger partial charge in [-0.15, -0.1) is 0 Å². The average Bonchev–Trinajstić information content (AvgIpc) is 3.23. The van der Waals surface area contributed by atoms with Crippen LogP contribution in [0.1, 0.15) is 5.56 Å². The Morgan fingerprint density at radius 1 is 1.15 bits per heavy atom. The summed E-state index contributed by atoms with van der Waals surface area (Å²) in [5.41, 5.74) is 2.23. The summed E-state index contributed by atoms with van der Waals surface area (Å²) in [6, 6.07) is 9.22. The van der Waals surface area contributed by atoms with Crippen LogP contribution < -0.4 is 15.5 Å². The number of thioether (sulfide) groups is 1. The van der Waals surface area contributed by atoms with Crippen molar-refractivity contribution in [2.45, 2.75) is 5.16 Å².